The monoisotopic (exact) mass is 329 g/mol. The number of carbonyl (C=O) groups excluding carboxylic acids is 2. The molecule has 1 heterocycles. The van der Waals surface area contributed by atoms with E-state index < -0.39 is 12.1 Å². The topological polar surface area (TPSA) is 74.6 Å². The van der Waals surface area contributed by atoms with Crippen LogP contribution in [0.1, 0.15) is 30.0 Å². The van der Waals surface area contributed by atoms with Crippen molar-refractivity contribution in [1.29, 1.82) is 0 Å². The Morgan fingerprint density at radius 3 is 2.46 bits per heavy atom. The van der Waals surface area contributed by atoms with Crippen LogP contribution in [0.3, 0.4) is 0 Å². The Morgan fingerprint density at radius 1 is 1.17 bits per heavy atom. The number of hydrogen-bond donors (Lipinski definition) is 2. The molecule has 0 aliphatic rings. The first-order chi connectivity index (χ1) is 11.5. The van der Waals surface area contributed by atoms with E-state index in [1.54, 1.807) is 6.92 Å². The summed E-state index contributed by atoms with van der Waals surface area (Å²) in [6.45, 7) is 4.58. The standard InChI is InChI=1S/C18H23N3O3/c1-4-19-18(23)20-17(22)16(14-8-6-5-7-9-14)21(3)12-15-11-10-13(2)24-15/h5-11,16H,4,12H2,1-3H3,(H2,19,20,22,23)/t16-/m0/s1. The third-order valence-corrected chi connectivity index (χ3v) is 3.58. The van der Waals surface area contributed by atoms with Gasteiger partial charge in [-0.3, -0.25) is 15.0 Å². The van der Waals surface area contributed by atoms with E-state index in [0.717, 1.165) is 17.1 Å². The highest BCUT2D eigenvalue weighted by Crippen LogP contribution is 2.22. The summed E-state index contributed by atoms with van der Waals surface area (Å²) in [5, 5.41) is 4.96. The zero-order valence-electron chi connectivity index (χ0n) is 14.2. The summed E-state index contributed by atoms with van der Waals surface area (Å²) < 4.78 is 5.59. The lowest BCUT2D eigenvalue weighted by molar-refractivity contribution is -0.125. The number of likely N-dealkylation sites (N-methyl/N-ethyl adjacent to an activating group) is 1. The molecule has 0 aliphatic carbocycles. The minimum Gasteiger partial charge on any atom is -0.465 e. The second kappa shape index (κ2) is 8.31. The number of aryl methyl sites for hydroxylation is 1. The maximum Gasteiger partial charge on any atom is 0.321 e. The van der Waals surface area contributed by atoms with Crippen molar-refractivity contribution in [3.63, 3.8) is 0 Å². The Labute approximate surface area is 141 Å². The Kier molecular flexibility index (Phi) is 6.14. The van der Waals surface area contributed by atoms with Crippen molar-refractivity contribution in [3.8, 4) is 0 Å². The summed E-state index contributed by atoms with van der Waals surface area (Å²) in [6.07, 6.45) is 0. The number of urea groups is 1. The van der Waals surface area contributed by atoms with Crippen molar-refractivity contribution >= 4 is 11.9 Å². The van der Waals surface area contributed by atoms with Gasteiger partial charge >= 0.3 is 6.03 Å². The quantitative estimate of drug-likeness (QED) is 0.854. The van der Waals surface area contributed by atoms with E-state index in [-0.39, 0.29) is 5.91 Å². The molecule has 0 saturated carbocycles. The number of benzene rings is 1. The summed E-state index contributed by atoms with van der Waals surface area (Å²) in [5.74, 6) is 1.21. The van der Waals surface area contributed by atoms with Gasteiger partial charge in [0.05, 0.1) is 6.54 Å². The number of amides is 3. The molecule has 24 heavy (non-hydrogen) atoms. The minimum absolute atomic E-state index is 0.377. The maximum absolute atomic E-state index is 12.6. The molecule has 1 aromatic heterocycles. The van der Waals surface area contributed by atoms with E-state index in [9.17, 15) is 9.59 Å². The lowest BCUT2D eigenvalue weighted by Gasteiger charge is -2.26. The van der Waals surface area contributed by atoms with Gasteiger partial charge in [-0.2, -0.15) is 0 Å². The van der Waals surface area contributed by atoms with Gasteiger partial charge in [0.1, 0.15) is 17.6 Å². The highest BCUT2D eigenvalue weighted by Gasteiger charge is 2.27. The van der Waals surface area contributed by atoms with E-state index >= 15 is 0 Å². The molecule has 6 nitrogen and oxygen atoms in total. The van der Waals surface area contributed by atoms with Gasteiger partial charge < -0.3 is 9.73 Å². The van der Waals surface area contributed by atoms with Crippen LogP contribution in [0.2, 0.25) is 0 Å². The van der Waals surface area contributed by atoms with E-state index in [4.69, 9.17) is 4.42 Å². The van der Waals surface area contributed by atoms with E-state index in [1.807, 2.05) is 61.3 Å². The van der Waals surface area contributed by atoms with Crippen LogP contribution < -0.4 is 10.6 Å². The number of nitrogens with one attached hydrogen (secondary N) is 2. The van der Waals surface area contributed by atoms with Crippen LogP contribution in [0.4, 0.5) is 4.79 Å². The summed E-state index contributed by atoms with van der Waals surface area (Å²) in [7, 11) is 1.83. The fourth-order valence-electron chi connectivity index (χ4n) is 2.53. The zero-order valence-corrected chi connectivity index (χ0v) is 14.2. The average molecular weight is 329 g/mol. The molecular weight excluding hydrogens is 306 g/mol. The van der Waals surface area contributed by atoms with Crippen LogP contribution in [0.15, 0.2) is 46.9 Å². The second-order valence-corrected chi connectivity index (χ2v) is 5.59. The first-order valence-electron chi connectivity index (χ1n) is 7.90. The Bertz CT molecular complexity index is 682. The molecule has 0 saturated heterocycles. The van der Waals surface area contributed by atoms with E-state index in [0.29, 0.717) is 13.1 Å². The predicted molar refractivity (Wildman–Crippen MR) is 91.3 cm³/mol. The third-order valence-electron chi connectivity index (χ3n) is 3.58. The van der Waals surface area contributed by atoms with Gasteiger partial charge in [-0.05, 0) is 38.6 Å². The number of carbonyl (C=O) groups is 2. The molecule has 1 aromatic carbocycles. The molecule has 0 unspecified atom stereocenters. The fourth-order valence-corrected chi connectivity index (χ4v) is 2.53. The SMILES string of the molecule is CCNC(=O)NC(=O)[C@H](c1ccccc1)N(C)Cc1ccc(C)o1. The van der Waals surface area contributed by atoms with E-state index in [2.05, 4.69) is 10.6 Å². The summed E-state index contributed by atoms with van der Waals surface area (Å²) in [5.41, 5.74) is 0.810. The lowest BCUT2D eigenvalue weighted by Crippen LogP contribution is -2.45. The number of nitrogens with zero attached hydrogens (tertiary/aromatic N) is 1. The van der Waals surface area contributed by atoms with E-state index in [1.165, 1.54) is 0 Å². The van der Waals surface area contributed by atoms with Crippen LogP contribution in [-0.4, -0.2) is 30.4 Å². The molecule has 128 valence electrons. The largest absolute Gasteiger partial charge is 0.465 e. The summed E-state index contributed by atoms with van der Waals surface area (Å²) in [6, 6.07) is 12.0. The van der Waals surface area contributed by atoms with Gasteiger partial charge in [0.2, 0.25) is 5.91 Å². The number of hydrogen-bond acceptors (Lipinski definition) is 4. The van der Waals surface area contributed by atoms with Crippen LogP contribution in [0.25, 0.3) is 0 Å². The van der Waals surface area contributed by atoms with Gasteiger partial charge in [-0.25, -0.2) is 4.79 Å². The van der Waals surface area contributed by atoms with Gasteiger partial charge in [0, 0.05) is 6.54 Å². The van der Waals surface area contributed by atoms with Crippen LogP contribution in [0.5, 0.6) is 0 Å². The predicted octanol–water partition coefficient (Wildman–Crippen LogP) is 2.61. The highest BCUT2D eigenvalue weighted by molar-refractivity contribution is 5.97. The van der Waals surface area contributed by atoms with Crippen molar-refractivity contribution < 1.29 is 14.0 Å². The second-order valence-electron chi connectivity index (χ2n) is 5.59. The zero-order chi connectivity index (χ0) is 17.5. The Balaban J connectivity index is 2.19. The summed E-state index contributed by atoms with van der Waals surface area (Å²) >= 11 is 0. The number of imide groups is 1. The number of furan rings is 1. The molecule has 0 spiro atoms. The smallest absolute Gasteiger partial charge is 0.321 e. The van der Waals surface area contributed by atoms with Gasteiger partial charge in [-0.15, -0.1) is 0 Å². The molecule has 0 aliphatic heterocycles. The van der Waals surface area contributed by atoms with Crippen LogP contribution in [-0.2, 0) is 11.3 Å². The van der Waals surface area contributed by atoms with Crippen molar-refractivity contribution in [2.24, 2.45) is 0 Å². The van der Waals surface area contributed by atoms with Crippen molar-refractivity contribution in [2.75, 3.05) is 13.6 Å². The maximum atomic E-state index is 12.6. The van der Waals surface area contributed by atoms with Crippen molar-refractivity contribution in [1.82, 2.24) is 15.5 Å². The molecular formula is C18H23N3O3. The van der Waals surface area contributed by atoms with Crippen LogP contribution in [0, 0.1) is 6.92 Å². The van der Waals surface area contributed by atoms with Crippen molar-refractivity contribution in [3.05, 3.63) is 59.5 Å². The Morgan fingerprint density at radius 2 is 1.88 bits per heavy atom. The first kappa shape index (κ1) is 17.7. The van der Waals surface area contributed by atoms with Gasteiger partial charge in [0.15, 0.2) is 0 Å². The molecule has 0 radical (unpaired) electrons. The van der Waals surface area contributed by atoms with Crippen LogP contribution >= 0.6 is 0 Å². The summed E-state index contributed by atoms with van der Waals surface area (Å²) in [4.78, 5) is 26.2. The molecule has 0 fully saturated rings. The molecule has 6 heteroatoms. The molecule has 2 aromatic rings. The van der Waals surface area contributed by atoms with Crippen molar-refractivity contribution in [2.45, 2.75) is 26.4 Å². The Hall–Kier alpha value is -2.60. The average Bonchev–Trinajstić information content (AvgIpc) is 2.93. The molecule has 3 amide bonds. The first-order valence-corrected chi connectivity index (χ1v) is 7.90. The normalized spacial score (nSPS) is 12.0. The molecule has 2 N–H and O–H groups in total. The number of rotatable bonds is 6. The molecule has 0 bridgehead atoms. The van der Waals surface area contributed by atoms with Gasteiger partial charge in [0.25, 0.3) is 0 Å². The molecule has 1 atom stereocenters. The third kappa shape index (κ3) is 4.70. The molecule has 2 rings (SSSR count). The minimum atomic E-state index is -0.598. The highest BCUT2D eigenvalue weighted by atomic mass is 16.3. The van der Waals surface area contributed by atoms with Gasteiger partial charge in [-0.1, -0.05) is 30.3 Å². The fraction of sp³-hybridized carbons (Fsp3) is 0.333. The lowest BCUT2D eigenvalue weighted by atomic mass is 10.0.